The molecule has 0 aliphatic carbocycles. The maximum Gasteiger partial charge on any atom is 0.305 e. The third kappa shape index (κ3) is 6.60. The van der Waals surface area contributed by atoms with Gasteiger partial charge >= 0.3 is 5.97 Å². The Bertz CT molecular complexity index is 641. The van der Waals surface area contributed by atoms with Crippen LogP contribution in [0.25, 0.3) is 0 Å². The lowest BCUT2D eigenvalue weighted by molar-refractivity contribution is -0.143. The average molecular weight is 394 g/mol. The number of hydrogen-bond acceptors (Lipinski definition) is 8. The Kier molecular flexibility index (Phi) is 8.92. The molecule has 2 rings (SSSR count). The molecule has 1 aliphatic rings. The van der Waals surface area contributed by atoms with E-state index >= 15 is 0 Å². The highest BCUT2D eigenvalue weighted by atomic mass is 16.5. The number of anilines is 2. The number of hydrogen-bond donors (Lipinski definition) is 3. The zero-order chi connectivity index (χ0) is 20.5. The van der Waals surface area contributed by atoms with Crippen molar-refractivity contribution in [2.24, 2.45) is 0 Å². The average Bonchev–Trinajstić information content (AvgIpc) is 2.94. The Hall–Kier alpha value is -1.93. The maximum absolute atomic E-state index is 11.3. The SMILES string of the molecule is CCOC(=O)CCCCCCCCC(O)CN1Cc2c(N)nc(N)nc2C1C. The van der Waals surface area contributed by atoms with Gasteiger partial charge in [-0.25, -0.2) is 4.98 Å². The highest BCUT2D eigenvalue weighted by molar-refractivity contribution is 5.69. The minimum Gasteiger partial charge on any atom is -0.466 e. The molecule has 8 heteroatoms. The van der Waals surface area contributed by atoms with Crippen LogP contribution in [-0.2, 0) is 16.1 Å². The zero-order valence-electron chi connectivity index (χ0n) is 17.2. The Morgan fingerprint density at radius 2 is 1.89 bits per heavy atom. The monoisotopic (exact) mass is 393 g/mol. The first-order chi connectivity index (χ1) is 13.4. The first kappa shape index (κ1) is 22.4. The van der Waals surface area contributed by atoms with E-state index < -0.39 is 0 Å². The fourth-order valence-corrected chi connectivity index (χ4v) is 3.73. The van der Waals surface area contributed by atoms with Crippen LogP contribution in [-0.4, -0.2) is 45.2 Å². The second kappa shape index (κ2) is 11.2. The largest absolute Gasteiger partial charge is 0.466 e. The molecule has 1 aromatic rings. The topological polar surface area (TPSA) is 128 Å². The Morgan fingerprint density at radius 1 is 1.21 bits per heavy atom. The van der Waals surface area contributed by atoms with E-state index in [-0.39, 0.29) is 24.1 Å². The van der Waals surface area contributed by atoms with Crippen LogP contribution in [0, 0.1) is 0 Å². The van der Waals surface area contributed by atoms with Crippen molar-refractivity contribution < 1.29 is 14.6 Å². The van der Waals surface area contributed by atoms with Gasteiger partial charge in [-0.3, -0.25) is 9.69 Å². The van der Waals surface area contributed by atoms with Gasteiger partial charge in [-0.05, 0) is 26.7 Å². The summed E-state index contributed by atoms with van der Waals surface area (Å²) >= 11 is 0. The van der Waals surface area contributed by atoms with Crippen LogP contribution in [0.15, 0.2) is 0 Å². The van der Waals surface area contributed by atoms with E-state index in [9.17, 15) is 9.90 Å². The lowest BCUT2D eigenvalue weighted by Crippen LogP contribution is -2.30. The van der Waals surface area contributed by atoms with Crippen LogP contribution in [0.1, 0.15) is 82.5 Å². The first-order valence-corrected chi connectivity index (χ1v) is 10.4. The first-order valence-electron chi connectivity index (χ1n) is 10.4. The van der Waals surface area contributed by atoms with Crippen molar-refractivity contribution in [2.75, 3.05) is 24.6 Å². The van der Waals surface area contributed by atoms with Gasteiger partial charge in [0, 0.05) is 25.1 Å². The van der Waals surface area contributed by atoms with Crippen LogP contribution in [0.2, 0.25) is 0 Å². The van der Waals surface area contributed by atoms with Gasteiger partial charge < -0.3 is 21.3 Å². The number of aromatic nitrogens is 2. The van der Waals surface area contributed by atoms with Gasteiger partial charge in [-0.2, -0.15) is 4.98 Å². The van der Waals surface area contributed by atoms with E-state index in [1.54, 1.807) is 0 Å². The van der Waals surface area contributed by atoms with Gasteiger partial charge in [0.2, 0.25) is 5.95 Å². The van der Waals surface area contributed by atoms with E-state index in [0.29, 0.717) is 31.9 Å². The summed E-state index contributed by atoms with van der Waals surface area (Å²) in [5.41, 5.74) is 13.5. The fraction of sp³-hybridized carbons (Fsp3) is 0.750. The molecule has 0 fully saturated rings. The second-order valence-corrected chi connectivity index (χ2v) is 7.56. The molecule has 8 nitrogen and oxygen atoms in total. The molecular weight excluding hydrogens is 358 g/mol. The van der Waals surface area contributed by atoms with E-state index in [1.807, 2.05) is 6.92 Å². The molecule has 28 heavy (non-hydrogen) atoms. The summed E-state index contributed by atoms with van der Waals surface area (Å²) in [6, 6.07) is 0.0802. The molecule has 2 heterocycles. The second-order valence-electron chi connectivity index (χ2n) is 7.56. The number of carbonyl (C=O) groups is 1. The Morgan fingerprint density at radius 3 is 2.61 bits per heavy atom. The summed E-state index contributed by atoms with van der Waals surface area (Å²) in [5.74, 6) is 0.543. The predicted molar refractivity (Wildman–Crippen MR) is 109 cm³/mol. The van der Waals surface area contributed by atoms with Gasteiger partial charge in [0.05, 0.1) is 24.4 Å². The van der Waals surface area contributed by atoms with Crippen molar-refractivity contribution in [1.82, 2.24) is 14.9 Å². The van der Waals surface area contributed by atoms with Crippen LogP contribution in [0.5, 0.6) is 0 Å². The summed E-state index contributed by atoms with van der Waals surface area (Å²) < 4.78 is 4.92. The number of esters is 1. The van der Waals surface area contributed by atoms with Crippen LogP contribution < -0.4 is 11.5 Å². The number of nitrogens with zero attached hydrogens (tertiary/aromatic N) is 3. The summed E-state index contributed by atoms with van der Waals surface area (Å²) in [6.07, 6.45) is 7.23. The lowest BCUT2D eigenvalue weighted by atomic mass is 10.1. The van der Waals surface area contributed by atoms with Gasteiger partial charge in [0.15, 0.2) is 0 Å². The number of rotatable bonds is 12. The van der Waals surface area contributed by atoms with Gasteiger partial charge in [-0.1, -0.05) is 32.1 Å². The summed E-state index contributed by atoms with van der Waals surface area (Å²) in [5, 5.41) is 10.4. The molecule has 1 aromatic heterocycles. The number of unbranched alkanes of at least 4 members (excludes halogenated alkanes) is 5. The summed E-state index contributed by atoms with van der Waals surface area (Å²) in [6.45, 7) is 5.59. The Labute approximate surface area is 167 Å². The number of carbonyl (C=O) groups excluding carboxylic acids is 1. The number of aliphatic hydroxyl groups excluding tert-OH is 1. The number of nitrogens with two attached hydrogens (primary N) is 2. The minimum atomic E-state index is -0.368. The van der Waals surface area contributed by atoms with Gasteiger partial charge in [0.25, 0.3) is 0 Å². The smallest absolute Gasteiger partial charge is 0.305 e. The molecule has 0 bridgehead atoms. The Balaban J connectivity index is 1.58. The molecule has 1 aliphatic heterocycles. The molecule has 2 atom stereocenters. The van der Waals surface area contributed by atoms with Crippen LogP contribution in [0.4, 0.5) is 11.8 Å². The minimum absolute atomic E-state index is 0.0802. The number of aliphatic hydroxyl groups is 1. The molecule has 0 saturated heterocycles. The van der Waals surface area contributed by atoms with Crippen molar-refractivity contribution in [1.29, 1.82) is 0 Å². The standard InChI is InChI=1S/C20H35N5O3/c1-3-28-17(27)11-9-7-5-4-6-8-10-15(26)12-25-13-16-18(14(25)2)23-20(22)24-19(16)21/h14-15,26H,3-13H2,1-2H3,(H4,21,22,23,24). The van der Waals surface area contributed by atoms with Crippen molar-refractivity contribution in [2.45, 2.75) is 83.9 Å². The van der Waals surface area contributed by atoms with Crippen molar-refractivity contribution >= 4 is 17.7 Å². The summed E-state index contributed by atoms with van der Waals surface area (Å²) in [4.78, 5) is 21.8. The number of fused-ring (bicyclic) bond motifs is 1. The van der Waals surface area contributed by atoms with Crippen LogP contribution in [0.3, 0.4) is 0 Å². The van der Waals surface area contributed by atoms with Gasteiger partial charge in [0.1, 0.15) is 5.82 Å². The zero-order valence-corrected chi connectivity index (χ0v) is 17.2. The number of nitrogen functional groups attached to an aromatic ring is 2. The number of ether oxygens (including phenoxy) is 1. The molecule has 0 amide bonds. The third-order valence-corrected chi connectivity index (χ3v) is 5.31. The molecule has 0 aromatic carbocycles. The van der Waals surface area contributed by atoms with Crippen molar-refractivity contribution in [3.8, 4) is 0 Å². The van der Waals surface area contributed by atoms with E-state index in [0.717, 1.165) is 56.2 Å². The van der Waals surface area contributed by atoms with E-state index in [4.69, 9.17) is 16.2 Å². The predicted octanol–water partition coefficient (Wildman–Crippen LogP) is 2.56. The van der Waals surface area contributed by atoms with E-state index in [2.05, 4.69) is 21.8 Å². The van der Waals surface area contributed by atoms with Crippen molar-refractivity contribution in [3.63, 3.8) is 0 Å². The molecule has 5 N–H and O–H groups in total. The normalized spacial score (nSPS) is 17.5. The lowest BCUT2D eigenvalue weighted by Gasteiger charge is -2.24. The number of β-amino-alcohol motifs (C(OH)–C–C–N with tert-alkyl or cyclic N) is 1. The van der Waals surface area contributed by atoms with Crippen molar-refractivity contribution in [3.05, 3.63) is 11.3 Å². The molecule has 0 saturated carbocycles. The quantitative estimate of drug-likeness (QED) is 0.365. The van der Waals surface area contributed by atoms with E-state index in [1.165, 1.54) is 0 Å². The highest BCUT2D eigenvalue weighted by Gasteiger charge is 2.31. The molecule has 158 valence electrons. The summed E-state index contributed by atoms with van der Waals surface area (Å²) in [7, 11) is 0. The third-order valence-electron chi connectivity index (χ3n) is 5.31. The molecular formula is C20H35N5O3. The maximum atomic E-state index is 11.3. The fourth-order valence-electron chi connectivity index (χ4n) is 3.73. The molecule has 0 radical (unpaired) electrons. The van der Waals surface area contributed by atoms with Gasteiger partial charge in [-0.15, -0.1) is 0 Å². The highest BCUT2D eigenvalue weighted by Crippen LogP contribution is 2.34. The molecule has 2 unspecified atom stereocenters. The van der Waals surface area contributed by atoms with Crippen LogP contribution >= 0.6 is 0 Å². The molecule has 0 spiro atoms.